The van der Waals surface area contributed by atoms with E-state index in [-0.39, 0.29) is 17.9 Å². The molecule has 1 saturated heterocycles. The summed E-state index contributed by atoms with van der Waals surface area (Å²) < 4.78 is 5.35. The highest BCUT2D eigenvalue weighted by Gasteiger charge is 2.33. The molecule has 94 valence electrons. The topological polar surface area (TPSA) is 76.1 Å². The van der Waals surface area contributed by atoms with Crippen LogP contribution >= 0.6 is 11.3 Å². The molecule has 1 aliphatic heterocycles. The van der Waals surface area contributed by atoms with E-state index in [1.165, 1.54) is 11.3 Å². The smallest absolute Gasteiger partial charge is 0.233 e. The summed E-state index contributed by atoms with van der Waals surface area (Å²) in [5.41, 5.74) is 1.59. The van der Waals surface area contributed by atoms with Crippen molar-refractivity contribution >= 4 is 22.4 Å². The molecule has 6 nitrogen and oxygen atoms in total. The summed E-state index contributed by atoms with van der Waals surface area (Å²) in [6.07, 6.45) is 1.04. The Morgan fingerprint density at radius 3 is 3.24 bits per heavy atom. The summed E-state index contributed by atoms with van der Waals surface area (Å²) in [6.45, 7) is 4.05. The van der Waals surface area contributed by atoms with Crippen LogP contribution in [0.15, 0.2) is 5.51 Å². The first-order chi connectivity index (χ1) is 8.31. The zero-order valence-electron chi connectivity index (χ0n) is 9.68. The Bertz CT molecular complexity index is 357. The molecule has 2 heterocycles. The molecule has 1 aliphatic rings. The van der Waals surface area contributed by atoms with Gasteiger partial charge in [-0.2, -0.15) is 0 Å². The van der Waals surface area contributed by atoms with Crippen LogP contribution < -0.4 is 10.6 Å². The molecule has 0 bridgehead atoms. The lowest BCUT2D eigenvalue weighted by Crippen LogP contribution is -2.41. The van der Waals surface area contributed by atoms with E-state index in [0.717, 1.165) is 13.0 Å². The number of hydrogen-bond acceptors (Lipinski definition) is 6. The third-order valence-electron chi connectivity index (χ3n) is 2.66. The number of nitrogens with zero attached hydrogens (tertiary/aromatic N) is 2. The Balaban J connectivity index is 1.89. The minimum atomic E-state index is -0.148. The summed E-state index contributed by atoms with van der Waals surface area (Å²) in [7, 11) is 0. The number of rotatable bonds is 5. The van der Waals surface area contributed by atoms with Gasteiger partial charge in [-0.15, -0.1) is 10.2 Å². The van der Waals surface area contributed by atoms with E-state index in [0.29, 0.717) is 18.3 Å². The quantitative estimate of drug-likeness (QED) is 0.802. The standard InChI is InChI=1S/C10H16N4O2S/c1-2-3-11-8-5-16-4-7(8)9(15)13-10-14-12-6-17-10/h6-8,11H,2-5H2,1H3,(H,13,14,15). The van der Waals surface area contributed by atoms with Gasteiger partial charge in [0.25, 0.3) is 0 Å². The number of amides is 1. The minimum Gasteiger partial charge on any atom is -0.379 e. The Morgan fingerprint density at radius 1 is 1.65 bits per heavy atom. The molecule has 0 aromatic carbocycles. The van der Waals surface area contributed by atoms with Gasteiger partial charge in [0.2, 0.25) is 11.0 Å². The average molecular weight is 256 g/mol. The highest BCUT2D eigenvalue weighted by atomic mass is 32.1. The molecule has 2 unspecified atom stereocenters. The maximum Gasteiger partial charge on any atom is 0.233 e. The Labute approximate surface area is 104 Å². The van der Waals surface area contributed by atoms with Gasteiger partial charge in [-0.1, -0.05) is 18.3 Å². The summed E-state index contributed by atoms with van der Waals surface area (Å²) in [5, 5.41) is 14.1. The fourth-order valence-corrected chi connectivity index (χ4v) is 2.22. The number of ether oxygens (including phenoxy) is 1. The fraction of sp³-hybridized carbons (Fsp3) is 0.700. The van der Waals surface area contributed by atoms with E-state index in [9.17, 15) is 4.79 Å². The molecule has 0 aliphatic carbocycles. The largest absolute Gasteiger partial charge is 0.379 e. The zero-order valence-corrected chi connectivity index (χ0v) is 10.5. The van der Waals surface area contributed by atoms with Crippen molar-refractivity contribution in [2.45, 2.75) is 19.4 Å². The average Bonchev–Trinajstić information content (AvgIpc) is 2.96. The highest BCUT2D eigenvalue weighted by Crippen LogP contribution is 2.17. The number of carbonyl (C=O) groups is 1. The molecule has 0 spiro atoms. The minimum absolute atomic E-state index is 0.0483. The number of carbonyl (C=O) groups excluding carboxylic acids is 1. The van der Waals surface area contributed by atoms with Crippen LogP contribution in [0.25, 0.3) is 0 Å². The van der Waals surface area contributed by atoms with Crippen LogP contribution in [0.5, 0.6) is 0 Å². The van der Waals surface area contributed by atoms with Gasteiger partial charge in [0, 0.05) is 6.04 Å². The molecule has 1 fully saturated rings. The van der Waals surface area contributed by atoms with E-state index < -0.39 is 0 Å². The molecule has 1 aromatic rings. The maximum absolute atomic E-state index is 12.0. The van der Waals surface area contributed by atoms with Crippen LogP contribution in [-0.2, 0) is 9.53 Å². The molecule has 1 amide bonds. The van der Waals surface area contributed by atoms with Crippen molar-refractivity contribution in [3.8, 4) is 0 Å². The third-order valence-corrected chi connectivity index (χ3v) is 3.27. The molecule has 17 heavy (non-hydrogen) atoms. The summed E-state index contributed by atoms with van der Waals surface area (Å²) in [5.74, 6) is -0.196. The van der Waals surface area contributed by atoms with E-state index in [2.05, 4.69) is 27.8 Å². The van der Waals surface area contributed by atoms with E-state index >= 15 is 0 Å². The Hall–Kier alpha value is -1.05. The van der Waals surface area contributed by atoms with Gasteiger partial charge in [-0.3, -0.25) is 4.79 Å². The first kappa shape index (κ1) is 12.4. The molecule has 2 rings (SSSR count). The summed E-state index contributed by atoms with van der Waals surface area (Å²) in [6, 6.07) is 0.0999. The number of nitrogens with one attached hydrogen (secondary N) is 2. The second-order valence-electron chi connectivity index (χ2n) is 3.94. The molecular weight excluding hydrogens is 240 g/mol. The highest BCUT2D eigenvalue weighted by molar-refractivity contribution is 7.13. The predicted octanol–water partition coefficient (Wildman–Crippen LogP) is 0.491. The first-order valence-electron chi connectivity index (χ1n) is 5.69. The number of anilines is 1. The van der Waals surface area contributed by atoms with Gasteiger partial charge in [0.05, 0.1) is 19.1 Å². The Kier molecular flexibility index (Phi) is 4.41. The van der Waals surface area contributed by atoms with Gasteiger partial charge < -0.3 is 15.4 Å². The number of hydrogen-bond donors (Lipinski definition) is 2. The van der Waals surface area contributed by atoms with Crippen molar-refractivity contribution in [3.05, 3.63) is 5.51 Å². The lowest BCUT2D eigenvalue weighted by Gasteiger charge is -2.17. The maximum atomic E-state index is 12.0. The molecule has 0 radical (unpaired) electrons. The molecule has 1 aromatic heterocycles. The van der Waals surface area contributed by atoms with Crippen molar-refractivity contribution in [1.29, 1.82) is 0 Å². The van der Waals surface area contributed by atoms with Crippen molar-refractivity contribution in [2.75, 3.05) is 25.1 Å². The van der Waals surface area contributed by atoms with Gasteiger partial charge in [0.1, 0.15) is 5.51 Å². The van der Waals surface area contributed by atoms with Crippen LogP contribution in [0.4, 0.5) is 5.13 Å². The van der Waals surface area contributed by atoms with Gasteiger partial charge in [0.15, 0.2) is 0 Å². The second-order valence-corrected chi connectivity index (χ2v) is 4.77. The van der Waals surface area contributed by atoms with E-state index in [1.807, 2.05) is 0 Å². The van der Waals surface area contributed by atoms with Gasteiger partial charge in [-0.25, -0.2) is 0 Å². The molecule has 2 N–H and O–H groups in total. The lowest BCUT2D eigenvalue weighted by molar-refractivity contribution is -0.120. The zero-order chi connectivity index (χ0) is 12.1. The molecule has 0 saturated carbocycles. The SMILES string of the molecule is CCCNC1COCC1C(=O)Nc1nncs1. The normalized spacial score (nSPS) is 23.8. The first-order valence-corrected chi connectivity index (χ1v) is 6.57. The van der Waals surface area contributed by atoms with Crippen molar-refractivity contribution < 1.29 is 9.53 Å². The van der Waals surface area contributed by atoms with Crippen molar-refractivity contribution in [2.24, 2.45) is 5.92 Å². The second kappa shape index (κ2) is 6.04. The molecule has 7 heteroatoms. The predicted molar refractivity (Wildman–Crippen MR) is 64.9 cm³/mol. The number of aromatic nitrogens is 2. The van der Waals surface area contributed by atoms with Crippen LogP contribution in [0.2, 0.25) is 0 Å². The van der Waals surface area contributed by atoms with Crippen LogP contribution in [-0.4, -0.2) is 41.9 Å². The van der Waals surface area contributed by atoms with Crippen LogP contribution in [0, 0.1) is 5.92 Å². The van der Waals surface area contributed by atoms with E-state index in [1.54, 1.807) is 5.51 Å². The molecule has 2 atom stereocenters. The third kappa shape index (κ3) is 3.21. The lowest BCUT2D eigenvalue weighted by atomic mass is 10.0. The van der Waals surface area contributed by atoms with Crippen molar-refractivity contribution in [1.82, 2.24) is 15.5 Å². The van der Waals surface area contributed by atoms with Crippen LogP contribution in [0.1, 0.15) is 13.3 Å². The monoisotopic (exact) mass is 256 g/mol. The fourth-order valence-electron chi connectivity index (χ4n) is 1.77. The summed E-state index contributed by atoms with van der Waals surface area (Å²) >= 11 is 1.31. The van der Waals surface area contributed by atoms with Crippen molar-refractivity contribution in [3.63, 3.8) is 0 Å². The Morgan fingerprint density at radius 2 is 2.53 bits per heavy atom. The van der Waals surface area contributed by atoms with Crippen LogP contribution in [0.3, 0.4) is 0 Å². The van der Waals surface area contributed by atoms with Gasteiger partial charge >= 0.3 is 0 Å². The molecular formula is C10H16N4O2S. The van der Waals surface area contributed by atoms with Gasteiger partial charge in [-0.05, 0) is 13.0 Å². The van der Waals surface area contributed by atoms with E-state index in [4.69, 9.17) is 4.74 Å². The summed E-state index contributed by atoms with van der Waals surface area (Å²) in [4.78, 5) is 12.0.